The molecule has 0 unspecified atom stereocenters. The number of amides is 2. The molecule has 0 saturated carbocycles. The van der Waals surface area contributed by atoms with Crippen LogP contribution in [0.3, 0.4) is 0 Å². The van der Waals surface area contributed by atoms with E-state index < -0.39 is 40.3 Å². The van der Waals surface area contributed by atoms with Gasteiger partial charge < -0.3 is 15.0 Å². The summed E-state index contributed by atoms with van der Waals surface area (Å²) in [5.74, 6) is -1.12. The van der Waals surface area contributed by atoms with Gasteiger partial charge in [0.25, 0.3) is 15.9 Å². The number of hydrogen-bond acceptors (Lipinski definition) is 5. The van der Waals surface area contributed by atoms with E-state index in [0.717, 1.165) is 17.7 Å². The zero-order chi connectivity index (χ0) is 30.8. The van der Waals surface area contributed by atoms with E-state index in [-0.39, 0.29) is 29.4 Å². The van der Waals surface area contributed by atoms with Crippen molar-refractivity contribution in [1.82, 2.24) is 10.2 Å². The lowest BCUT2D eigenvalue weighted by molar-refractivity contribution is -0.143. The molecule has 4 rings (SSSR count). The van der Waals surface area contributed by atoms with Gasteiger partial charge in [0.05, 0.1) is 4.90 Å². The average Bonchev–Trinajstić information content (AvgIpc) is 3.01. The Bertz CT molecular complexity index is 1650. The second-order valence-electron chi connectivity index (χ2n) is 9.37. The Balaban J connectivity index is 1.53. The molecule has 11 heteroatoms. The molecule has 222 valence electrons. The number of anilines is 1. The predicted octanol–water partition coefficient (Wildman–Crippen LogP) is 5.73. The summed E-state index contributed by atoms with van der Waals surface area (Å²) < 4.78 is 46.8. The molecule has 2 N–H and O–H groups in total. The number of halogens is 2. The Hall–Kier alpha value is -4.67. The molecule has 0 aliphatic carbocycles. The molecule has 0 heterocycles. The van der Waals surface area contributed by atoms with Crippen molar-refractivity contribution >= 4 is 39.1 Å². The van der Waals surface area contributed by atoms with Gasteiger partial charge in [-0.25, -0.2) is 12.8 Å². The Morgan fingerprint density at radius 3 is 2.21 bits per heavy atom. The van der Waals surface area contributed by atoms with E-state index in [2.05, 4.69) is 16.6 Å². The van der Waals surface area contributed by atoms with Crippen LogP contribution in [-0.2, 0) is 26.2 Å². The summed E-state index contributed by atoms with van der Waals surface area (Å²) in [4.78, 5) is 28.4. The Kier molecular flexibility index (Phi) is 10.5. The number of hydrogen-bond donors (Lipinski definition) is 2. The molecule has 0 aromatic heterocycles. The molecular weight excluding hydrogens is 593 g/mol. The summed E-state index contributed by atoms with van der Waals surface area (Å²) in [5.41, 5.74) is 1.56. The third kappa shape index (κ3) is 8.67. The van der Waals surface area contributed by atoms with Gasteiger partial charge in [0, 0.05) is 23.8 Å². The molecule has 4 aromatic carbocycles. The topological polar surface area (TPSA) is 105 Å². The summed E-state index contributed by atoms with van der Waals surface area (Å²) in [5, 5.41) is 3.32. The maximum absolute atomic E-state index is 13.7. The van der Waals surface area contributed by atoms with Gasteiger partial charge in [-0.3, -0.25) is 14.3 Å². The van der Waals surface area contributed by atoms with Crippen LogP contribution in [-0.4, -0.2) is 38.3 Å². The predicted molar refractivity (Wildman–Crippen MR) is 164 cm³/mol. The lowest BCUT2D eigenvalue weighted by atomic mass is 10.0. The lowest BCUT2D eigenvalue weighted by Crippen LogP contribution is -2.45. The number of carbonyl (C=O) groups excluding carboxylic acids is 2. The first-order valence-corrected chi connectivity index (χ1v) is 15.0. The van der Waals surface area contributed by atoms with Gasteiger partial charge in [-0.2, -0.15) is 0 Å². The van der Waals surface area contributed by atoms with E-state index in [4.69, 9.17) is 16.3 Å². The normalized spacial score (nSPS) is 11.7. The van der Waals surface area contributed by atoms with Crippen molar-refractivity contribution in [2.45, 2.75) is 17.5 Å². The van der Waals surface area contributed by atoms with E-state index in [1.807, 2.05) is 6.07 Å². The number of ether oxygens (including phenoxy) is 1. The van der Waals surface area contributed by atoms with Crippen molar-refractivity contribution in [3.05, 3.63) is 138 Å². The van der Waals surface area contributed by atoms with E-state index in [9.17, 15) is 22.4 Å². The first kappa shape index (κ1) is 31.3. The van der Waals surface area contributed by atoms with Crippen molar-refractivity contribution in [2.75, 3.05) is 17.9 Å². The van der Waals surface area contributed by atoms with Gasteiger partial charge in [0.2, 0.25) is 5.91 Å². The molecule has 0 aliphatic rings. The molecule has 0 saturated heterocycles. The molecule has 43 heavy (non-hydrogen) atoms. The van der Waals surface area contributed by atoms with Crippen molar-refractivity contribution in [2.24, 2.45) is 0 Å². The highest BCUT2D eigenvalue weighted by Gasteiger charge is 2.31. The highest BCUT2D eigenvalue weighted by molar-refractivity contribution is 7.92. The van der Waals surface area contributed by atoms with Crippen LogP contribution in [0.5, 0.6) is 5.75 Å². The number of carbonyl (C=O) groups is 2. The van der Waals surface area contributed by atoms with Crippen molar-refractivity contribution in [3.63, 3.8) is 0 Å². The number of sulfonamides is 1. The standard InChI is InChI=1S/C32H29ClFN3O5S/c1-2-20-35-32(39)31(24-6-4-3-5-7-24)37(21-23-8-10-25(33)11-9-23)30(38)22-42-28-16-18-29(19-17-28)43(40,41)36-27-14-12-26(34)13-15-27/h2-19,31,36H,1,20-22H2,(H,35,39)/t31-/m1/s1. The zero-order valence-electron chi connectivity index (χ0n) is 23.0. The highest BCUT2D eigenvalue weighted by atomic mass is 35.5. The smallest absolute Gasteiger partial charge is 0.261 e. The van der Waals surface area contributed by atoms with Crippen LogP contribution in [0, 0.1) is 5.82 Å². The Morgan fingerprint density at radius 2 is 1.58 bits per heavy atom. The van der Waals surface area contributed by atoms with Crippen molar-refractivity contribution in [1.29, 1.82) is 0 Å². The van der Waals surface area contributed by atoms with E-state index in [0.29, 0.717) is 10.6 Å². The summed E-state index contributed by atoms with van der Waals surface area (Å²) >= 11 is 6.05. The third-order valence-corrected chi connectivity index (χ3v) is 7.92. The molecule has 4 aromatic rings. The van der Waals surface area contributed by atoms with E-state index >= 15 is 0 Å². The maximum atomic E-state index is 13.7. The molecule has 0 fully saturated rings. The molecule has 0 spiro atoms. The van der Waals surface area contributed by atoms with E-state index in [1.54, 1.807) is 54.6 Å². The summed E-state index contributed by atoms with van der Waals surface area (Å²) in [6, 6.07) is 25.3. The fourth-order valence-corrected chi connectivity index (χ4v) is 5.35. The van der Waals surface area contributed by atoms with Gasteiger partial charge in [0.1, 0.15) is 17.6 Å². The molecule has 0 aliphatic heterocycles. The van der Waals surface area contributed by atoms with Gasteiger partial charge in [-0.05, 0) is 71.8 Å². The third-order valence-electron chi connectivity index (χ3n) is 6.28. The summed E-state index contributed by atoms with van der Waals surface area (Å²) in [6.07, 6.45) is 1.55. The van der Waals surface area contributed by atoms with Crippen molar-refractivity contribution in [3.8, 4) is 5.75 Å². The first-order chi connectivity index (χ1) is 20.7. The van der Waals surface area contributed by atoms with Crippen LogP contribution in [0.2, 0.25) is 5.02 Å². The number of nitrogens with zero attached hydrogens (tertiary/aromatic N) is 1. The van der Waals surface area contributed by atoms with Crippen LogP contribution in [0.15, 0.2) is 121 Å². The number of nitrogens with one attached hydrogen (secondary N) is 2. The fraction of sp³-hybridized carbons (Fsp3) is 0.125. The molecule has 1 atom stereocenters. The van der Waals surface area contributed by atoms with Gasteiger partial charge in [-0.15, -0.1) is 6.58 Å². The number of benzene rings is 4. The lowest BCUT2D eigenvalue weighted by Gasteiger charge is -2.31. The molecule has 2 amide bonds. The second-order valence-corrected chi connectivity index (χ2v) is 11.5. The fourth-order valence-electron chi connectivity index (χ4n) is 4.16. The van der Waals surface area contributed by atoms with Crippen LogP contribution in [0.25, 0.3) is 0 Å². The Morgan fingerprint density at radius 1 is 0.930 bits per heavy atom. The minimum atomic E-state index is -3.95. The highest BCUT2D eigenvalue weighted by Crippen LogP contribution is 2.25. The van der Waals surface area contributed by atoms with Crippen LogP contribution in [0.1, 0.15) is 17.2 Å². The SMILES string of the molecule is C=CCNC(=O)[C@@H](c1ccccc1)N(Cc1ccc(Cl)cc1)C(=O)COc1ccc(S(=O)(=O)Nc2ccc(F)cc2)cc1. The van der Waals surface area contributed by atoms with E-state index in [1.165, 1.54) is 41.3 Å². The van der Waals surface area contributed by atoms with Gasteiger partial charge in [-0.1, -0.05) is 60.1 Å². The second kappa shape index (κ2) is 14.5. The Labute approximate surface area is 254 Å². The molecular formula is C32H29ClFN3O5S. The average molecular weight is 622 g/mol. The molecule has 0 bridgehead atoms. The minimum Gasteiger partial charge on any atom is -0.484 e. The van der Waals surface area contributed by atoms with Crippen LogP contribution in [0.4, 0.5) is 10.1 Å². The van der Waals surface area contributed by atoms with Crippen molar-refractivity contribution < 1.29 is 27.1 Å². The zero-order valence-corrected chi connectivity index (χ0v) is 24.5. The summed E-state index contributed by atoms with van der Waals surface area (Å²) in [6.45, 7) is 3.53. The summed E-state index contributed by atoms with van der Waals surface area (Å²) in [7, 11) is -3.95. The maximum Gasteiger partial charge on any atom is 0.261 e. The van der Waals surface area contributed by atoms with Crippen LogP contribution >= 0.6 is 11.6 Å². The van der Waals surface area contributed by atoms with Gasteiger partial charge >= 0.3 is 0 Å². The molecule has 0 radical (unpaired) electrons. The largest absolute Gasteiger partial charge is 0.484 e. The minimum absolute atomic E-state index is 0.0529. The first-order valence-electron chi connectivity index (χ1n) is 13.1. The quantitative estimate of drug-likeness (QED) is 0.186. The number of rotatable bonds is 13. The van der Waals surface area contributed by atoms with Gasteiger partial charge in [0.15, 0.2) is 6.61 Å². The monoisotopic (exact) mass is 621 g/mol. The van der Waals surface area contributed by atoms with Crippen LogP contribution < -0.4 is 14.8 Å². The molecule has 8 nitrogen and oxygen atoms in total.